The van der Waals surface area contributed by atoms with Crippen molar-refractivity contribution in [2.24, 2.45) is 0 Å². The van der Waals surface area contributed by atoms with Gasteiger partial charge in [-0.05, 0) is 30.5 Å². The van der Waals surface area contributed by atoms with E-state index in [9.17, 15) is 4.79 Å². The first-order valence-electron chi connectivity index (χ1n) is 7.95. The highest BCUT2D eigenvalue weighted by atomic mass is 32.2. The van der Waals surface area contributed by atoms with E-state index in [2.05, 4.69) is 22.4 Å². The molecule has 0 saturated carbocycles. The van der Waals surface area contributed by atoms with Crippen LogP contribution in [-0.4, -0.2) is 24.3 Å². The molecule has 1 amide bonds. The summed E-state index contributed by atoms with van der Waals surface area (Å²) in [4.78, 5) is 20.9. The molecule has 0 atom stereocenters. The Labute approximate surface area is 164 Å². The summed E-state index contributed by atoms with van der Waals surface area (Å²) in [6.45, 7) is 0. The van der Waals surface area contributed by atoms with Crippen LogP contribution in [0.3, 0.4) is 0 Å². The summed E-state index contributed by atoms with van der Waals surface area (Å²) in [5, 5.41) is 3.55. The molecule has 7 heteroatoms. The van der Waals surface area contributed by atoms with E-state index in [1.54, 1.807) is 36.7 Å². The van der Waals surface area contributed by atoms with E-state index in [-0.39, 0.29) is 5.91 Å². The molecule has 26 heavy (non-hydrogen) atoms. The molecule has 0 bridgehead atoms. The zero-order chi connectivity index (χ0) is 18.1. The standard InChI is InChI=1S/C19H16N2O2S3/c1-23-14-9-11(24-2)7-8-12(14)18(22)21-19-20-17-13-5-3-4-6-15(13)25-10-16(17)26-19/h3-9H,10H2,1-2H3,(H,20,21,22). The molecule has 2 aromatic carbocycles. The van der Waals surface area contributed by atoms with E-state index in [0.717, 1.165) is 21.9 Å². The predicted molar refractivity (Wildman–Crippen MR) is 110 cm³/mol. The Morgan fingerprint density at radius 1 is 1.27 bits per heavy atom. The van der Waals surface area contributed by atoms with Crippen LogP contribution in [0.25, 0.3) is 11.3 Å². The van der Waals surface area contributed by atoms with Gasteiger partial charge in [0.1, 0.15) is 5.75 Å². The van der Waals surface area contributed by atoms with Crippen molar-refractivity contribution >= 4 is 45.9 Å². The third-order valence-corrected chi connectivity index (χ3v) is 7.05. The van der Waals surface area contributed by atoms with E-state index in [4.69, 9.17) is 4.74 Å². The minimum Gasteiger partial charge on any atom is -0.496 e. The highest BCUT2D eigenvalue weighted by Gasteiger charge is 2.22. The molecule has 1 N–H and O–H groups in total. The van der Waals surface area contributed by atoms with Gasteiger partial charge in [-0.1, -0.05) is 18.2 Å². The molecule has 1 aliphatic heterocycles. The van der Waals surface area contributed by atoms with E-state index in [0.29, 0.717) is 16.4 Å². The number of aromatic nitrogens is 1. The number of carbonyl (C=O) groups is 1. The number of thiazole rings is 1. The lowest BCUT2D eigenvalue weighted by Gasteiger charge is -2.13. The molecule has 4 nitrogen and oxygen atoms in total. The molecule has 0 unspecified atom stereocenters. The maximum Gasteiger partial charge on any atom is 0.261 e. The highest BCUT2D eigenvalue weighted by molar-refractivity contribution is 7.99. The number of anilines is 1. The van der Waals surface area contributed by atoms with Gasteiger partial charge >= 0.3 is 0 Å². The van der Waals surface area contributed by atoms with Crippen LogP contribution in [-0.2, 0) is 5.75 Å². The number of fused-ring (bicyclic) bond motifs is 3. The van der Waals surface area contributed by atoms with Crippen molar-refractivity contribution in [3.8, 4) is 17.0 Å². The molecule has 0 radical (unpaired) electrons. The normalized spacial score (nSPS) is 12.2. The molecule has 1 aliphatic rings. The average molecular weight is 401 g/mol. The number of nitrogens with zero attached hydrogens (tertiary/aromatic N) is 1. The molecule has 3 aromatic rings. The van der Waals surface area contributed by atoms with Gasteiger partial charge in [0.15, 0.2) is 5.13 Å². The Balaban J connectivity index is 1.62. The summed E-state index contributed by atoms with van der Waals surface area (Å²) < 4.78 is 5.38. The van der Waals surface area contributed by atoms with Gasteiger partial charge in [0, 0.05) is 26.0 Å². The molecule has 0 spiro atoms. The quantitative estimate of drug-likeness (QED) is 0.594. The predicted octanol–water partition coefficient (Wildman–Crippen LogP) is 5.40. The SMILES string of the molecule is COc1cc(SC)ccc1C(=O)Nc1nc2c(s1)CSc1ccccc1-2. The van der Waals surface area contributed by atoms with Gasteiger partial charge in [-0.2, -0.15) is 0 Å². The first-order valence-corrected chi connectivity index (χ1v) is 11.0. The molecule has 2 heterocycles. The van der Waals surface area contributed by atoms with Crippen molar-refractivity contribution in [3.63, 3.8) is 0 Å². The third-order valence-electron chi connectivity index (χ3n) is 4.07. The van der Waals surface area contributed by atoms with Crippen molar-refractivity contribution in [3.05, 3.63) is 52.9 Å². The number of ether oxygens (including phenoxy) is 1. The number of thioether (sulfide) groups is 2. The Kier molecular flexibility index (Phi) is 4.93. The fraction of sp³-hybridized carbons (Fsp3) is 0.158. The Hall–Kier alpha value is -1.96. The maximum atomic E-state index is 12.7. The number of methoxy groups -OCH3 is 1. The van der Waals surface area contributed by atoms with Crippen LogP contribution in [0.4, 0.5) is 5.13 Å². The van der Waals surface area contributed by atoms with Crippen LogP contribution in [0.2, 0.25) is 0 Å². The number of benzene rings is 2. The minimum atomic E-state index is -0.207. The van der Waals surface area contributed by atoms with Crippen LogP contribution in [0.5, 0.6) is 5.75 Å². The summed E-state index contributed by atoms with van der Waals surface area (Å²) in [5.41, 5.74) is 2.62. The lowest BCUT2D eigenvalue weighted by atomic mass is 10.1. The number of amides is 1. The topological polar surface area (TPSA) is 51.2 Å². The van der Waals surface area contributed by atoms with Crippen molar-refractivity contribution in [2.45, 2.75) is 15.5 Å². The summed E-state index contributed by atoms with van der Waals surface area (Å²) in [5.74, 6) is 1.24. The molecule has 1 aromatic heterocycles. The summed E-state index contributed by atoms with van der Waals surface area (Å²) in [6, 6.07) is 13.8. The van der Waals surface area contributed by atoms with E-state index in [1.807, 2.05) is 30.5 Å². The molecule has 0 aliphatic carbocycles. The van der Waals surface area contributed by atoms with Gasteiger partial charge < -0.3 is 4.74 Å². The van der Waals surface area contributed by atoms with E-state index in [1.165, 1.54) is 21.1 Å². The number of hydrogen-bond acceptors (Lipinski definition) is 6. The van der Waals surface area contributed by atoms with Gasteiger partial charge in [0.25, 0.3) is 5.91 Å². The smallest absolute Gasteiger partial charge is 0.261 e. The Morgan fingerprint density at radius 2 is 2.12 bits per heavy atom. The number of rotatable bonds is 4. The minimum absolute atomic E-state index is 0.207. The molecule has 0 fully saturated rings. The van der Waals surface area contributed by atoms with Gasteiger partial charge in [-0.25, -0.2) is 4.98 Å². The largest absolute Gasteiger partial charge is 0.496 e. The number of carbonyl (C=O) groups excluding carboxylic acids is 1. The first-order chi connectivity index (χ1) is 12.7. The van der Waals surface area contributed by atoms with E-state index < -0.39 is 0 Å². The average Bonchev–Trinajstić information content (AvgIpc) is 3.10. The van der Waals surface area contributed by atoms with Crippen molar-refractivity contribution in [1.29, 1.82) is 0 Å². The molecular formula is C19H16N2O2S3. The number of hydrogen-bond donors (Lipinski definition) is 1. The van der Waals surface area contributed by atoms with Crippen molar-refractivity contribution < 1.29 is 9.53 Å². The van der Waals surface area contributed by atoms with Gasteiger partial charge in [0.05, 0.1) is 18.4 Å². The highest BCUT2D eigenvalue weighted by Crippen LogP contribution is 2.44. The van der Waals surface area contributed by atoms with Crippen LogP contribution >= 0.6 is 34.9 Å². The van der Waals surface area contributed by atoms with Crippen LogP contribution in [0.15, 0.2) is 52.3 Å². The second kappa shape index (κ2) is 7.34. The van der Waals surface area contributed by atoms with Crippen LogP contribution in [0.1, 0.15) is 15.2 Å². The van der Waals surface area contributed by atoms with E-state index >= 15 is 0 Å². The Morgan fingerprint density at radius 3 is 2.92 bits per heavy atom. The zero-order valence-corrected chi connectivity index (χ0v) is 16.7. The molecule has 4 rings (SSSR count). The van der Waals surface area contributed by atoms with Crippen molar-refractivity contribution in [2.75, 3.05) is 18.7 Å². The molecule has 0 saturated heterocycles. The fourth-order valence-corrected chi connectivity index (χ4v) is 5.32. The second-order valence-electron chi connectivity index (χ2n) is 5.60. The maximum absolute atomic E-state index is 12.7. The van der Waals surface area contributed by atoms with Gasteiger partial charge in [-0.15, -0.1) is 34.9 Å². The third kappa shape index (κ3) is 3.22. The summed E-state index contributed by atoms with van der Waals surface area (Å²) in [6.07, 6.45) is 1.99. The van der Waals surface area contributed by atoms with Crippen LogP contribution in [0, 0.1) is 0 Å². The fourth-order valence-electron chi connectivity index (χ4n) is 2.80. The van der Waals surface area contributed by atoms with Gasteiger partial charge in [0.2, 0.25) is 0 Å². The summed E-state index contributed by atoms with van der Waals surface area (Å²) >= 11 is 4.95. The lowest BCUT2D eigenvalue weighted by molar-refractivity contribution is 0.102. The number of nitrogens with one attached hydrogen (secondary N) is 1. The monoisotopic (exact) mass is 400 g/mol. The summed E-state index contributed by atoms with van der Waals surface area (Å²) in [7, 11) is 1.58. The zero-order valence-electron chi connectivity index (χ0n) is 14.2. The second-order valence-corrected chi connectivity index (χ2v) is 8.58. The lowest BCUT2D eigenvalue weighted by Crippen LogP contribution is -2.13. The first kappa shape index (κ1) is 17.5. The Bertz CT molecular complexity index is 985. The van der Waals surface area contributed by atoms with Gasteiger partial charge in [-0.3, -0.25) is 10.1 Å². The van der Waals surface area contributed by atoms with Crippen molar-refractivity contribution in [1.82, 2.24) is 4.98 Å². The van der Waals surface area contributed by atoms with Crippen LogP contribution < -0.4 is 10.1 Å². The molecule has 132 valence electrons. The molecular weight excluding hydrogens is 384 g/mol.